The molecule has 0 aliphatic carbocycles. The SMILES string of the molecule is CC(F)C=C(F)C=O. The molecule has 0 aromatic heterocycles. The van der Waals surface area contributed by atoms with E-state index in [9.17, 15) is 13.6 Å². The Labute approximate surface area is 46.0 Å². The summed E-state index contributed by atoms with van der Waals surface area (Å²) in [5.74, 6) is -1.06. The van der Waals surface area contributed by atoms with Gasteiger partial charge in [-0.25, -0.2) is 8.78 Å². The quantitative estimate of drug-likeness (QED) is 0.397. The van der Waals surface area contributed by atoms with Gasteiger partial charge in [-0.15, -0.1) is 0 Å². The largest absolute Gasteiger partial charge is 0.295 e. The molecule has 0 amide bonds. The predicted octanol–water partition coefficient (Wildman–Crippen LogP) is 1.40. The first-order valence-corrected chi connectivity index (χ1v) is 2.13. The molecule has 0 aromatic rings. The third-order valence-corrected chi connectivity index (χ3v) is 0.501. The van der Waals surface area contributed by atoms with Crippen molar-refractivity contribution in [2.24, 2.45) is 0 Å². The van der Waals surface area contributed by atoms with E-state index >= 15 is 0 Å². The molecule has 0 spiro atoms. The van der Waals surface area contributed by atoms with Crippen LogP contribution < -0.4 is 0 Å². The zero-order chi connectivity index (χ0) is 6.57. The van der Waals surface area contributed by atoms with Crippen molar-refractivity contribution in [3.05, 3.63) is 11.9 Å². The monoisotopic (exact) mass is 120 g/mol. The van der Waals surface area contributed by atoms with E-state index in [1.54, 1.807) is 0 Å². The molecule has 8 heavy (non-hydrogen) atoms. The van der Waals surface area contributed by atoms with Crippen LogP contribution in [0.5, 0.6) is 0 Å². The van der Waals surface area contributed by atoms with Crippen LogP contribution in [0.2, 0.25) is 0 Å². The van der Waals surface area contributed by atoms with E-state index in [4.69, 9.17) is 0 Å². The Kier molecular flexibility index (Phi) is 2.99. The van der Waals surface area contributed by atoms with Crippen LogP contribution in [0.1, 0.15) is 6.92 Å². The van der Waals surface area contributed by atoms with Gasteiger partial charge in [0.1, 0.15) is 6.17 Å². The lowest BCUT2D eigenvalue weighted by molar-refractivity contribution is -0.106. The Morgan fingerprint density at radius 1 is 1.75 bits per heavy atom. The lowest BCUT2D eigenvalue weighted by atomic mass is 10.4. The molecular formula is C5H6F2O. The van der Waals surface area contributed by atoms with Crippen LogP contribution >= 0.6 is 0 Å². The Bertz CT molecular complexity index is 107. The number of carbonyl (C=O) groups is 1. The zero-order valence-electron chi connectivity index (χ0n) is 4.40. The van der Waals surface area contributed by atoms with Gasteiger partial charge in [0.05, 0.1) is 0 Å². The van der Waals surface area contributed by atoms with E-state index < -0.39 is 12.0 Å². The zero-order valence-corrected chi connectivity index (χ0v) is 4.40. The highest BCUT2D eigenvalue weighted by Crippen LogP contribution is 1.96. The van der Waals surface area contributed by atoms with Crippen molar-refractivity contribution in [3.63, 3.8) is 0 Å². The summed E-state index contributed by atoms with van der Waals surface area (Å²) in [6, 6.07) is 0. The second-order valence-electron chi connectivity index (χ2n) is 1.35. The van der Waals surface area contributed by atoms with E-state index in [0.717, 1.165) is 6.92 Å². The molecule has 0 heterocycles. The van der Waals surface area contributed by atoms with Gasteiger partial charge in [0, 0.05) is 0 Å². The Morgan fingerprint density at radius 2 is 2.25 bits per heavy atom. The number of halogens is 2. The maximum atomic E-state index is 11.7. The molecule has 0 saturated carbocycles. The van der Waals surface area contributed by atoms with E-state index in [1.807, 2.05) is 0 Å². The molecule has 0 bridgehead atoms. The van der Waals surface area contributed by atoms with Gasteiger partial charge in [0.2, 0.25) is 0 Å². The van der Waals surface area contributed by atoms with Gasteiger partial charge < -0.3 is 0 Å². The van der Waals surface area contributed by atoms with Crippen LogP contribution in [-0.2, 0) is 4.79 Å². The van der Waals surface area contributed by atoms with Crippen LogP contribution in [0.4, 0.5) is 8.78 Å². The second kappa shape index (κ2) is 3.29. The number of hydrogen-bond acceptors (Lipinski definition) is 1. The number of allylic oxidation sites excluding steroid dienone is 2. The third kappa shape index (κ3) is 3.46. The fourth-order valence-corrected chi connectivity index (χ4v) is 0.259. The van der Waals surface area contributed by atoms with Crippen molar-refractivity contribution in [3.8, 4) is 0 Å². The summed E-state index contributed by atoms with van der Waals surface area (Å²) in [5.41, 5.74) is 0. The molecule has 0 aliphatic rings. The van der Waals surface area contributed by atoms with Gasteiger partial charge in [-0.3, -0.25) is 4.79 Å². The Balaban J connectivity index is 3.74. The number of hydrogen-bond donors (Lipinski definition) is 0. The highest BCUT2D eigenvalue weighted by Gasteiger charge is 1.94. The Morgan fingerprint density at radius 3 is 2.38 bits per heavy atom. The summed E-state index contributed by atoms with van der Waals surface area (Å²) in [6.45, 7) is 1.14. The summed E-state index contributed by atoms with van der Waals surface area (Å²) in [4.78, 5) is 9.43. The first kappa shape index (κ1) is 7.27. The fraction of sp³-hybridized carbons (Fsp3) is 0.400. The minimum absolute atomic E-state index is 0.0317. The molecule has 1 nitrogen and oxygen atoms in total. The molecule has 0 aliphatic heterocycles. The lowest BCUT2D eigenvalue weighted by Gasteiger charge is -1.85. The molecule has 1 unspecified atom stereocenters. The minimum atomic E-state index is -1.39. The van der Waals surface area contributed by atoms with E-state index in [1.165, 1.54) is 0 Å². The summed E-state index contributed by atoms with van der Waals surface area (Å²) < 4.78 is 23.3. The molecule has 1 atom stereocenters. The standard InChI is InChI=1S/C5H6F2O/c1-4(6)2-5(7)3-8/h2-4H,1H3. The van der Waals surface area contributed by atoms with Gasteiger partial charge >= 0.3 is 0 Å². The maximum absolute atomic E-state index is 11.7. The highest BCUT2D eigenvalue weighted by atomic mass is 19.1. The average molecular weight is 120 g/mol. The van der Waals surface area contributed by atoms with Crippen LogP contribution in [0.25, 0.3) is 0 Å². The predicted molar refractivity (Wildman–Crippen MR) is 25.8 cm³/mol. The van der Waals surface area contributed by atoms with Crippen molar-refractivity contribution in [1.29, 1.82) is 0 Å². The maximum Gasteiger partial charge on any atom is 0.178 e. The first-order valence-electron chi connectivity index (χ1n) is 2.13. The number of rotatable bonds is 2. The summed E-state index contributed by atoms with van der Waals surface area (Å²) >= 11 is 0. The minimum Gasteiger partial charge on any atom is -0.295 e. The van der Waals surface area contributed by atoms with Crippen molar-refractivity contribution in [2.45, 2.75) is 13.1 Å². The van der Waals surface area contributed by atoms with Crippen LogP contribution in [0, 0.1) is 0 Å². The Hall–Kier alpha value is -0.730. The number of aldehydes is 1. The third-order valence-electron chi connectivity index (χ3n) is 0.501. The van der Waals surface area contributed by atoms with Crippen molar-refractivity contribution >= 4 is 6.29 Å². The molecular weight excluding hydrogens is 114 g/mol. The highest BCUT2D eigenvalue weighted by molar-refractivity contribution is 5.69. The van der Waals surface area contributed by atoms with Gasteiger partial charge in [-0.05, 0) is 13.0 Å². The van der Waals surface area contributed by atoms with Crippen molar-refractivity contribution in [1.82, 2.24) is 0 Å². The fourth-order valence-electron chi connectivity index (χ4n) is 0.259. The topological polar surface area (TPSA) is 17.1 Å². The molecule has 0 fully saturated rings. The average Bonchev–Trinajstić information content (AvgIpc) is 1.65. The summed E-state index contributed by atoms with van der Waals surface area (Å²) in [7, 11) is 0. The summed E-state index contributed by atoms with van der Waals surface area (Å²) in [6.07, 6.45) is -0.816. The lowest BCUT2D eigenvalue weighted by Crippen LogP contribution is -1.86. The number of carbonyl (C=O) groups excluding carboxylic acids is 1. The van der Waals surface area contributed by atoms with Crippen molar-refractivity contribution < 1.29 is 13.6 Å². The smallest absolute Gasteiger partial charge is 0.178 e. The van der Waals surface area contributed by atoms with Gasteiger partial charge in [0.15, 0.2) is 12.1 Å². The second-order valence-corrected chi connectivity index (χ2v) is 1.35. The molecule has 0 rings (SSSR count). The molecule has 0 saturated heterocycles. The van der Waals surface area contributed by atoms with E-state index in [0.29, 0.717) is 6.08 Å². The first-order chi connectivity index (χ1) is 3.66. The van der Waals surface area contributed by atoms with E-state index in [-0.39, 0.29) is 6.29 Å². The molecule has 0 aromatic carbocycles. The number of alkyl halides is 1. The van der Waals surface area contributed by atoms with Crippen molar-refractivity contribution in [2.75, 3.05) is 0 Å². The van der Waals surface area contributed by atoms with Crippen LogP contribution in [-0.4, -0.2) is 12.5 Å². The van der Waals surface area contributed by atoms with Gasteiger partial charge in [0.25, 0.3) is 0 Å². The summed E-state index contributed by atoms with van der Waals surface area (Å²) in [5, 5.41) is 0. The molecule has 46 valence electrons. The molecule has 0 radical (unpaired) electrons. The van der Waals surface area contributed by atoms with Gasteiger partial charge in [-0.2, -0.15) is 0 Å². The van der Waals surface area contributed by atoms with Gasteiger partial charge in [-0.1, -0.05) is 0 Å². The van der Waals surface area contributed by atoms with E-state index in [2.05, 4.69) is 0 Å². The molecule has 3 heteroatoms. The molecule has 0 N–H and O–H groups in total. The van der Waals surface area contributed by atoms with Crippen LogP contribution in [0.3, 0.4) is 0 Å². The van der Waals surface area contributed by atoms with Crippen LogP contribution in [0.15, 0.2) is 11.9 Å². The normalized spacial score (nSPS) is 15.6.